The molecule has 0 aliphatic carbocycles. The first kappa shape index (κ1) is 53.0. The molecule has 0 N–H and O–H groups in total. The van der Waals surface area contributed by atoms with Crippen molar-refractivity contribution in [3.63, 3.8) is 0 Å². The van der Waals surface area contributed by atoms with E-state index >= 15 is 8.42 Å². The predicted octanol–water partition coefficient (Wildman–Crippen LogP) is 21.0. The molecule has 0 atom stereocenters. The van der Waals surface area contributed by atoms with Crippen molar-refractivity contribution in [2.24, 2.45) is 0 Å². The summed E-state index contributed by atoms with van der Waals surface area (Å²) < 4.78 is 46.2. The quantitative estimate of drug-likeness (QED) is 0.152. The highest BCUT2D eigenvalue weighted by Crippen LogP contribution is 2.51. The third kappa shape index (κ3) is 7.38. The maximum absolute atomic E-state index is 16.1. The summed E-state index contributed by atoms with van der Waals surface area (Å²) >= 11 is 0. The van der Waals surface area contributed by atoms with E-state index in [0.717, 1.165) is 154 Å². The average molecular weight is 1230 g/mol. The van der Waals surface area contributed by atoms with Crippen LogP contribution in [0.4, 0.5) is 0 Å². The Bertz CT molecular complexity index is 6120. The molecular formula is C85H51N7O2S. The fraction of sp³-hybridized carbons (Fsp3) is 0. The SMILES string of the molecule is N#Cc1ccc(S(=O)(=O)c2cc(-n3c4ccc5c(c6ccccc6n5-c5ccccc5)c4c4c5c6ccccc6n(-c6ccccc6)c5ccc43)cc(-n3c4ccc5c(c6ccccc6n5-c5ccccc5)c4c4c5c6ccccc6n(-c6ccccc6)c5ccc43)c2)cc1. The Morgan fingerprint density at radius 1 is 0.221 bits per heavy atom. The summed E-state index contributed by atoms with van der Waals surface area (Å²) in [5.74, 6) is 0. The van der Waals surface area contributed by atoms with Crippen LogP contribution in [-0.4, -0.2) is 35.8 Å². The van der Waals surface area contributed by atoms with Gasteiger partial charge in [-0.3, -0.25) is 0 Å². The molecule has 9 nitrogen and oxygen atoms in total. The topological polar surface area (TPSA) is 87.5 Å². The van der Waals surface area contributed by atoms with Crippen LogP contribution < -0.4 is 0 Å². The molecule has 444 valence electrons. The third-order valence-electron chi connectivity index (χ3n) is 19.8. The second-order valence-electron chi connectivity index (χ2n) is 24.7. The minimum Gasteiger partial charge on any atom is -0.309 e. The van der Waals surface area contributed by atoms with Gasteiger partial charge in [0.25, 0.3) is 0 Å². The lowest BCUT2D eigenvalue weighted by Gasteiger charge is -2.16. The number of fused-ring (bicyclic) bond motifs is 22. The van der Waals surface area contributed by atoms with E-state index < -0.39 is 9.84 Å². The molecule has 0 spiro atoms. The number of rotatable bonds is 8. The van der Waals surface area contributed by atoms with Crippen molar-refractivity contribution in [1.82, 2.24) is 27.4 Å². The Kier molecular flexibility index (Phi) is 11.1. The van der Waals surface area contributed by atoms with Crippen molar-refractivity contribution in [3.05, 3.63) is 315 Å². The lowest BCUT2D eigenvalue weighted by Crippen LogP contribution is -2.07. The molecule has 0 radical (unpaired) electrons. The first-order valence-corrected chi connectivity index (χ1v) is 33.4. The number of sulfone groups is 1. The molecule has 6 aromatic heterocycles. The van der Waals surface area contributed by atoms with Gasteiger partial charge in [0.1, 0.15) is 0 Å². The zero-order valence-electron chi connectivity index (χ0n) is 50.8. The summed E-state index contributed by atoms with van der Waals surface area (Å²) in [5.41, 5.74) is 18.1. The Labute approximate surface area is 543 Å². The summed E-state index contributed by atoms with van der Waals surface area (Å²) in [7, 11) is -4.32. The molecule has 0 amide bonds. The normalized spacial score (nSPS) is 12.3. The van der Waals surface area contributed by atoms with Crippen molar-refractivity contribution in [1.29, 1.82) is 5.26 Å². The second-order valence-corrected chi connectivity index (χ2v) is 26.6. The lowest BCUT2D eigenvalue weighted by molar-refractivity contribution is 0.596. The van der Waals surface area contributed by atoms with Crippen molar-refractivity contribution < 1.29 is 8.42 Å². The fourth-order valence-electron chi connectivity index (χ4n) is 16.0. The molecule has 20 rings (SSSR count). The molecule has 0 fully saturated rings. The van der Waals surface area contributed by atoms with Crippen molar-refractivity contribution in [2.75, 3.05) is 0 Å². The van der Waals surface area contributed by atoms with Gasteiger partial charge in [-0.05, 0) is 164 Å². The summed E-state index contributed by atoms with van der Waals surface area (Å²) in [4.78, 5) is 0.188. The largest absolute Gasteiger partial charge is 0.309 e. The van der Waals surface area contributed by atoms with E-state index in [9.17, 15) is 5.26 Å². The van der Waals surface area contributed by atoms with Crippen LogP contribution in [-0.2, 0) is 9.84 Å². The molecule has 6 heterocycles. The maximum atomic E-state index is 16.1. The van der Waals surface area contributed by atoms with E-state index in [1.165, 1.54) is 0 Å². The minimum atomic E-state index is -4.32. The van der Waals surface area contributed by atoms with E-state index in [4.69, 9.17) is 0 Å². The van der Waals surface area contributed by atoms with Gasteiger partial charge in [0.05, 0.1) is 87.6 Å². The van der Waals surface area contributed by atoms with Crippen LogP contribution >= 0.6 is 0 Å². The maximum Gasteiger partial charge on any atom is 0.206 e. The van der Waals surface area contributed by atoms with Gasteiger partial charge in [0.2, 0.25) is 9.84 Å². The van der Waals surface area contributed by atoms with E-state index in [1.54, 1.807) is 24.3 Å². The Morgan fingerprint density at radius 2 is 0.463 bits per heavy atom. The van der Waals surface area contributed by atoms with Crippen molar-refractivity contribution in [3.8, 4) is 40.2 Å². The van der Waals surface area contributed by atoms with E-state index in [2.05, 4.69) is 306 Å². The van der Waals surface area contributed by atoms with Crippen LogP contribution in [0.15, 0.2) is 319 Å². The molecule has 0 aliphatic heterocycles. The highest BCUT2D eigenvalue weighted by atomic mass is 32.2. The number of aromatic nitrogens is 6. The van der Waals surface area contributed by atoms with Crippen LogP contribution in [0.5, 0.6) is 0 Å². The summed E-state index contributed by atoms with van der Waals surface area (Å²) in [6.45, 7) is 0. The minimum absolute atomic E-state index is 0.0840. The van der Waals surface area contributed by atoms with Crippen LogP contribution in [0.2, 0.25) is 0 Å². The third-order valence-corrected chi connectivity index (χ3v) is 21.5. The molecule has 14 aromatic carbocycles. The number of hydrogen-bond donors (Lipinski definition) is 0. The van der Waals surface area contributed by atoms with E-state index in [0.29, 0.717) is 16.9 Å². The van der Waals surface area contributed by atoms with Crippen LogP contribution in [0.25, 0.3) is 165 Å². The molecule has 10 heteroatoms. The number of para-hydroxylation sites is 8. The zero-order valence-corrected chi connectivity index (χ0v) is 51.6. The zero-order chi connectivity index (χ0) is 62.8. The molecule has 20 aromatic rings. The van der Waals surface area contributed by atoms with Gasteiger partial charge in [0, 0.05) is 98.8 Å². The monoisotopic (exact) mass is 1230 g/mol. The van der Waals surface area contributed by atoms with E-state index in [1.807, 2.05) is 12.1 Å². The highest BCUT2D eigenvalue weighted by molar-refractivity contribution is 7.91. The molecular weight excluding hydrogens is 1180 g/mol. The van der Waals surface area contributed by atoms with Gasteiger partial charge < -0.3 is 27.4 Å². The average Bonchev–Trinajstić information content (AvgIpc) is 1.53. The van der Waals surface area contributed by atoms with Gasteiger partial charge in [-0.1, -0.05) is 146 Å². The molecule has 0 saturated heterocycles. The molecule has 95 heavy (non-hydrogen) atoms. The highest BCUT2D eigenvalue weighted by Gasteiger charge is 2.30. The first-order chi connectivity index (χ1) is 46.9. The number of nitriles is 1. The van der Waals surface area contributed by atoms with Gasteiger partial charge in [0.15, 0.2) is 0 Å². The second kappa shape index (κ2) is 19.9. The predicted molar refractivity (Wildman–Crippen MR) is 389 cm³/mol. The fourth-order valence-corrected chi connectivity index (χ4v) is 17.3. The lowest BCUT2D eigenvalue weighted by atomic mass is 10.0. The Balaban J connectivity index is 0.975. The summed E-state index contributed by atoms with van der Waals surface area (Å²) in [6.07, 6.45) is 0. The Hall–Kier alpha value is -12.7. The van der Waals surface area contributed by atoms with Gasteiger partial charge in [-0.2, -0.15) is 5.26 Å². The van der Waals surface area contributed by atoms with Gasteiger partial charge in [-0.25, -0.2) is 8.42 Å². The van der Waals surface area contributed by atoms with Crippen LogP contribution in [0.3, 0.4) is 0 Å². The smallest absolute Gasteiger partial charge is 0.206 e. The van der Waals surface area contributed by atoms with Crippen molar-refractivity contribution in [2.45, 2.75) is 9.79 Å². The molecule has 0 saturated carbocycles. The molecule has 0 bridgehead atoms. The van der Waals surface area contributed by atoms with Crippen LogP contribution in [0.1, 0.15) is 5.56 Å². The molecule has 0 aliphatic rings. The van der Waals surface area contributed by atoms with Gasteiger partial charge >= 0.3 is 0 Å². The number of hydrogen-bond acceptors (Lipinski definition) is 3. The van der Waals surface area contributed by atoms with Crippen LogP contribution in [0, 0.1) is 11.3 Å². The van der Waals surface area contributed by atoms with Gasteiger partial charge in [-0.15, -0.1) is 0 Å². The first-order valence-electron chi connectivity index (χ1n) is 31.9. The number of nitrogens with zero attached hydrogens (tertiary/aromatic N) is 7. The molecule has 0 unspecified atom stereocenters. The number of benzene rings is 14. The standard InChI is InChI=1S/C85H51N7O2S/c86-52-53-37-39-60(40-38-53)95(93,94)61-50-58(91-74-45-41-70-78(62-29-13-17-33-66(62)87(70)54-21-5-1-6-22-54)82(74)83-75(91)46-42-71-79(83)63-30-14-18-34-67(63)88(71)55-23-7-2-8-24-55)49-59(51-61)92-76-47-43-72-80(64-31-15-19-35-68(64)89(72)56-25-9-3-10-26-56)84(76)85-77(92)48-44-73-81(85)65-32-16-20-36-69(65)90(73)57-27-11-4-12-28-57/h1-51H. The summed E-state index contributed by atoms with van der Waals surface area (Å²) in [5, 5.41) is 23.0. The summed E-state index contributed by atoms with van der Waals surface area (Å²) in [6, 6.07) is 109. The van der Waals surface area contributed by atoms with E-state index in [-0.39, 0.29) is 9.79 Å². The Morgan fingerprint density at radius 3 is 0.737 bits per heavy atom. The van der Waals surface area contributed by atoms with Crippen molar-refractivity contribution >= 4 is 141 Å².